The zero-order valence-corrected chi connectivity index (χ0v) is 23.3. The van der Waals surface area contributed by atoms with Gasteiger partial charge in [0, 0.05) is 27.5 Å². The summed E-state index contributed by atoms with van der Waals surface area (Å²) >= 11 is 3.54. The highest BCUT2D eigenvalue weighted by Crippen LogP contribution is 2.49. The van der Waals surface area contributed by atoms with Crippen molar-refractivity contribution in [1.82, 2.24) is 9.88 Å². The van der Waals surface area contributed by atoms with Crippen molar-refractivity contribution in [2.24, 2.45) is 0 Å². The zero-order valence-electron chi connectivity index (χ0n) is 21.8. The molecule has 37 heavy (non-hydrogen) atoms. The molecule has 1 heterocycles. The highest BCUT2D eigenvalue weighted by Gasteiger charge is 2.44. The molecule has 7 heteroatoms. The van der Waals surface area contributed by atoms with Gasteiger partial charge in [-0.2, -0.15) is 0 Å². The monoisotopic (exact) mass is 566 g/mol. The van der Waals surface area contributed by atoms with E-state index in [0.29, 0.717) is 35.5 Å². The normalized spacial score (nSPS) is 14.0. The molecule has 0 aliphatic rings. The first-order chi connectivity index (χ1) is 17.7. The Kier molecular flexibility index (Phi) is 8.17. The predicted octanol–water partition coefficient (Wildman–Crippen LogP) is 6.43. The van der Waals surface area contributed by atoms with E-state index in [1.165, 1.54) is 7.11 Å². The third-order valence-electron chi connectivity index (χ3n) is 6.73. The van der Waals surface area contributed by atoms with Crippen molar-refractivity contribution < 1.29 is 19.0 Å². The van der Waals surface area contributed by atoms with E-state index in [0.717, 1.165) is 20.9 Å². The quantitative estimate of drug-likeness (QED) is 0.253. The van der Waals surface area contributed by atoms with E-state index in [4.69, 9.17) is 14.5 Å². The molecule has 1 aromatic heterocycles. The average Bonchev–Trinajstić information content (AvgIpc) is 2.88. The van der Waals surface area contributed by atoms with Crippen LogP contribution in [0.4, 0.5) is 4.39 Å². The second-order valence-corrected chi connectivity index (χ2v) is 10.5. The van der Waals surface area contributed by atoms with Crippen LogP contribution in [0, 0.1) is 12.7 Å². The topological polar surface area (TPSA) is 54.8 Å². The maximum atomic E-state index is 16.0. The molecule has 4 aromatic rings. The van der Waals surface area contributed by atoms with E-state index in [1.807, 2.05) is 74.4 Å². The van der Waals surface area contributed by atoms with Crippen molar-refractivity contribution in [2.75, 3.05) is 34.9 Å². The minimum absolute atomic E-state index is 0.108. The molecule has 0 saturated heterocycles. The van der Waals surface area contributed by atoms with Crippen LogP contribution in [0.5, 0.6) is 11.6 Å². The Labute approximate surface area is 226 Å². The second kappa shape index (κ2) is 11.2. The van der Waals surface area contributed by atoms with E-state index in [-0.39, 0.29) is 5.75 Å². The number of fused-ring (bicyclic) bond motifs is 1. The Morgan fingerprint density at radius 1 is 1.00 bits per heavy atom. The van der Waals surface area contributed by atoms with Crippen LogP contribution in [0.1, 0.15) is 34.6 Å². The number of rotatable bonds is 9. The fourth-order valence-corrected chi connectivity index (χ4v) is 5.25. The number of halogens is 2. The summed E-state index contributed by atoms with van der Waals surface area (Å²) in [5, 5.41) is 13.6. The number of aryl methyl sites for hydroxylation is 1. The number of pyridine rings is 1. The number of aromatic nitrogens is 1. The molecular formula is C30H32BrFN2O3. The second-order valence-electron chi connectivity index (χ2n) is 9.57. The maximum Gasteiger partial charge on any atom is 0.217 e. The summed E-state index contributed by atoms with van der Waals surface area (Å²) in [5.41, 5.74) is 1.81. The van der Waals surface area contributed by atoms with Gasteiger partial charge in [-0.15, -0.1) is 0 Å². The van der Waals surface area contributed by atoms with Gasteiger partial charge in [-0.05, 0) is 63.3 Å². The lowest BCUT2D eigenvalue weighted by molar-refractivity contribution is 0.00276. The van der Waals surface area contributed by atoms with Crippen molar-refractivity contribution in [2.45, 2.75) is 24.9 Å². The summed E-state index contributed by atoms with van der Waals surface area (Å²) in [5.74, 6) is -0.937. The van der Waals surface area contributed by atoms with E-state index < -0.39 is 17.3 Å². The van der Waals surface area contributed by atoms with Gasteiger partial charge in [0.2, 0.25) is 5.88 Å². The summed E-state index contributed by atoms with van der Waals surface area (Å²) in [7, 11) is 6.88. The Hall–Kier alpha value is -3.00. The fourth-order valence-electron chi connectivity index (χ4n) is 4.87. The summed E-state index contributed by atoms with van der Waals surface area (Å²) in [4.78, 5) is 6.76. The van der Waals surface area contributed by atoms with Crippen molar-refractivity contribution in [3.05, 3.63) is 99.3 Å². The highest BCUT2D eigenvalue weighted by atomic mass is 79.9. The number of aliphatic hydroxyl groups is 1. The van der Waals surface area contributed by atoms with Crippen LogP contribution in [0.2, 0.25) is 0 Å². The fraction of sp³-hybridized carbons (Fsp3) is 0.300. The number of benzene rings is 3. The lowest BCUT2D eigenvalue weighted by Crippen LogP contribution is -2.38. The number of hydrogen-bond donors (Lipinski definition) is 1. The molecule has 194 valence electrons. The Morgan fingerprint density at radius 3 is 2.43 bits per heavy atom. The molecule has 5 nitrogen and oxygen atoms in total. The Balaban J connectivity index is 2.09. The van der Waals surface area contributed by atoms with Gasteiger partial charge < -0.3 is 19.5 Å². The number of methoxy groups -OCH3 is 2. The minimum Gasteiger partial charge on any atom is -0.494 e. The zero-order chi connectivity index (χ0) is 26.7. The molecule has 2 atom stereocenters. The predicted molar refractivity (Wildman–Crippen MR) is 149 cm³/mol. The number of hydrogen-bond acceptors (Lipinski definition) is 5. The van der Waals surface area contributed by atoms with Gasteiger partial charge in [-0.1, -0.05) is 57.9 Å². The van der Waals surface area contributed by atoms with Crippen molar-refractivity contribution in [3.63, 3.8) is 0 Å². The van der Waals surface area contributed by atoms with Gasteiger partial charge in [0.25, 0.3) is 0 Å². The van der Waals surface area contributed by atoms with Gasteiger partial charge in [-0.3, -0.25) is 0 Å². The largest absolute Gasteiger partial charge is 0.494 e. The van der Waals surface area contributed by atoms with Gasteiger partial charge >= 0.3 is 0 Å². The minimum atomic E-state index is -1.50. The van der Waals surface area contributed by atoms with Gasteiger partial charge in [0.1, 0.15) is 5.60 Å². The van der Waals surface area contributed by atoms with Crippen molar-refractivity contribution in [3.8, 4) is 11.6 Å². The third-order valence-corrected chi connectivity index (χ3v) is 7.23. The molecule has 0 radical (unpaired) electrons. The third kappa shape index (κ3) is 5.49. The summed E-state index contributed by atoms with van der Waals surface area (Å²) in [6.07, 6.45) is 0.338. The number of ether oxygens (including phenoxy) is 2. The van der Waals surface area contributed by atoms with Crippen molar-refractivity contribution >= 4 is 26.8 Å². The number of nitrogens with zero attached hydrogens (tertiary/aromatic N) is 2. The molecular weight excluding hydrogens is 535 g/mol. The molecule has 0 bridgehead atoms. The Bertz CT molecular complexity index is 1410. The molecule has 0 spiro atoms. The van der Waals surface area contributed by atoms with Crippen LogP contribution in [0.15, 0.2) is 71.2 Å². The van der Waals surface area contributed by atoms with E-state index >= 15 is 4.39 Å². The van der Waals surface area contributed by atoms with Gasteiger partial charge in [-0.25, -0.2) is 9.37 Å². The van der Waals surface area contributed by atoms with Crippen LogP contribution in [0.3, 0.4) is 0 Å². The summed E-state index contributed by atoms with van der Waals surface area (Å²) < 4.78 is 28.0. The van der Waals surface area contributed by atoms with Crippen LogP contribution < -0.4 is 9.47 Å². The molecule has 0 aliphatic carbocycles. The molecule has 2 unspecified atom stereocenters. The van der Waals surface area contributed by atoms with Gasteiger partial charge in [0.15, 0.2) is 11.6 Å². The molecule has 3 aromatic carbocycles. The lowest BCUT2D eigenvalue weighted by Gasteiger charge is -2.39. The molecule has 1 N–H and O–H groups in total. The molecule has 0 amide bonds. The molecule has 0 aliphatic heterocycles. The SMILES string of the molecule is COc1cccc(C(c2cc3cc(Br)ccc3nc2OC)C(O)(CCN(C)C)c2cccc(C)c2)c1F. The smallest absolute Gasteiger partial charge is 0.217 e. The van der Waals surface area contributed by atoms with Crippen LogP contribution in [-0.4, -0.2) is 49.9 Å². The van der Waals surface area contributed by atoms with Gasteiger partial charge in [0.05, 0.1) is 25.7 Å². The van der Waals surface area contributed by atoms with Crippen LogP contribution in [0.25, 0.3) is 10.9 Å². The molecule has 4 rings (SSSR count). The first-order valence-corrected chi connectivity index (χ1v) is 12.9. The van der Waals surface area contributed by atoms with E-state index in [9.17, 15) is 5.11 Å². The first kappa shape index (κ1) is 27.0. The van der Waals surface area contributed by atoms with E-state index in [2.05, 4.69) is 15.9 Å². The van der Waals surface area contributed by atoms with Crippen LogP contribution >= 0.6 is 15.9 Å². The molecule has 0 fully saturated rings. The average molecular weight is 567 g/mol. The molecule has 0 saturated carbocycles. The van der Waals surface area contributed by atoms with Crippen molar-refractivity contribution in [1.29, 1.82) is 0 Å². The maximum absolute atomic E-state index is 16.0. The summed E-state index contributed by atoms with van der Waals surface area (Å²) in [6, 6.07) is 20.5. The van der Waals surface area contributed by atoms with Crippen LogP contribution in [-0.2, 0) is 5.60 Å². The first-order valence-electron chi connectivity index (χ1n) is 12.1. The summed E-state index contributed by atoms with van der Waals surface area (Å²) in [6.45, 7) is 2.55. The standard InChI is InChI=1S/C30H32BrFN2O3/c1-19-8-6-9-21(16-19)30(35,14-15-34(2)3)27(23-10-7-11-26(36-4)28(23)32)24-18-20-17-22(31)12-13-25(20)33-29(24)37-5/h6-13,16-18,27,35H,14-15H2,1-5H3. The highest BCUT2D eigenvalue weighted by molar-refractivity contribution is 9.10. The Morgan fingerprint density at radius 2 is 1.76 bits per heavy atom. The lowest BCUT2D eigenvalue weighted by atomic mass is 9.71. The van der Waals surface area contributed by atoms with E-state index in [1.54, 1.807) is 25.3 Å².